The van der Waals surface area contributed by atoms with Gasteiger partial charge in [0.15, 0.2) is 11.6 Å². The number of hydrogen-bond donors (Lipinski definition) is 1. The Morgan fingerprint density at radius 3 is 2.75 bits per heavy atom. The van der Waals surface area contributed by atoms with Crippen molar-refractivity contribution in [3.8, 4) is 11.6 Å². The molecule has 0 atom stereocenters. The molecule has 0 spiro atoms. The van der Waals surface area contributed by atoms with Crippen LogP contribution < -0.4 is 16.0 Å². The average molecular weight is 277 g/mol. The second-order valence-electron chi connectivity index (χ2n) is 4.78. The average Bonchev–Trinajstić information content (AvgIpc) is 2.37. The highest BCUT2D eigenvalue weighted by atomic mass is 19.1. The molecule has 0 unspecified atom stereocenters. The lowest BCUT2D eigenvalue weighted by molar-refractivity contribution is 0.410. The van der Waals surface area contributed by atoms with Crippen LogP contribution in [0.3, 0.4) is 0 Å². The number of aryl methyl sites for hydroxylation is 1. The summed E-state index contributed by atoms with van der Waals surface area (Å²) in [6, 6.07) is 2.57. The number of nitrogens with zero attached hydrogens (tertiary/aromatic N) is 2. The molecule has 0 saturated carbocycles. The van der Waals surface area contributed by atoms with Gasteiger partial charge in [0, 0.05) is 30.2 Å². The molecule has 0 saturated heterocycles. The number of hydrogen-bond acceptors (Lipinski definition) is 4. The van der Waals surface area contributed by atoms with E-state index in [2.05, 4.69) is 4.98 Å². The van der Waals surface area contributed by atoms with Crippen LogP contribution in [0.25, 0.3) is 0 Å². The highest BCUT2D eigenvalue weighted by Crippen LogP contribution is 2.26. The van der Waals surface area contributed by atoms with Gasteiger partial charge in [0.2, 0.25) is 0 Å². The van der Waals surface area contributed by atoms with Crippen LogP contribution in [0.4, 0.5) is 10.1 Å². The summed E-state index contributed by atoms with van der Waals surface area (Å²) in [6.07, 6.45) is 3.00. The van der Waals surface area contributed by atoms with Crippen LogP contribution in [0.1, 0.15) is 25.5 Å². The van der Waals surface area contributed by atoms with E-state index in [4.69, 9.17) is 10.5 Å². The summed E-state index contributed by atoms with van der Waals surface area (Å²) in [5.41, 5.74) is 6.19. The summed E-state index contributed by atoms with van der Waals surface area (Å²) >= 11 is 0. The first kappa shape index (κ1) is 14.0. The van der Waals surface area contributed by atoms with E-state index < -0.39 is 11.4 Å². The SMILES string of the molecule is Cc1cc(Oc2nccn(C(C)C)c2=O)c(F)cc1N. The fourth-order valence-electron chi connectivity index (χ4n) is 1.74. The molecule has 2 aromatic rings. The minimum Gasteiger partial charge on any atom is -0.431 e. The third kappa shape index (κ3) is 2.64. The van der Waals surface area contributed by atoms with Crippen molar-refractivity contribution in [3.63, 3.8) is 0 Å². The first-order chi connectivity index (χ1) is 9.40. The Morgan fingerprint density at radius 2 is 2.10 bits per heavy atom. The molecule has 0 amide bonds. The summed E-state index contributed by atoms with van der Waals surface area (Å²) in [6.45, 7) is 5.45. The van der Waals surface area contributed by atoms with Crippen molar-refractivity contribution in [2.75, 3.05) is 5.73 Å². The molecule has 0 radical (unpaired) electrons. The van der Waals surface area contributed by atoms with Gasteiger partial charge in [-0.25, -0.2) is 9.37 Å². The van der Waals surface area contributed by atoms with E-state index in [1.165, 1.54) is 16.8 Å². The second kappa shape index (κ2) is 5.32. The number of aromatic nitrogens is 2. The Bertz CT molecular complexity index is 695. The minimum atomic E-state index is -0.630. The number of anilines is 1. The third-order valence-corrected chi connectivity index (χ3v) is 2.92. The van der Waals surface area contributed by atoms with Crippen molar-refractivity contribution in [1.82, 2.24) is 9.55 Å². The molecule has 106 valence electrons. The fraction of sp³-hybridized carbons (Fsp3) is 0.286. The number of benzene rings is 1. The monoisotopic (exact) mass is 277 g/mol. The normalized spacial score (nSPS) is 10.8. The first-order valence-electron chi connectivity index (χ1n) is 6.20. The molecular formula is C14H16FN3O2. The first-order valence-corrected chi connectivity index (χ1v) is 6.20. The highest BCUT2D eigenvalue weighted by molar-refractivity contribution is 5.50. The maximum atomic E-state index is 13.8. The lowest BCUT2D eigenvalue weighted by Gasteiger charge is -2.12. The van der Waals surface area contributed by atoms with Gasteiger partial charge in [0.25, 0.3) is 5.88 Å². The Labute approximate surface area is 115 Å². The summed E-state index contributed by atoms with van der Waals surface area (Å²) in [4.78, 5) is 16.0. The van der Waals surface area contributed by atoms with Crippen LogP contribution in [0.5, 0.6) is 11.6 Å². The van der Waals surface area contributed by atoms with Crippen molar-refractivity contribution in [2.45, 2.75) is 26.8 Å². The van der Waals surface area contributed by atoms with Crippen LogP contribution >= 0.6 is 0 Å². The van der Waals surface area contributed by atoms with Gasteiger partial charge >= 0.3 is 5.56 Å². The van der Waals surface area contributed by atoms with E-state index in [1.807, 2.05) is 13.8 Å². The second-order valence-corrected chi connectivity index (χ2v) is 4.78. The topological polar surface area (TPSA) is 70.1 Å². The van der Waals surface area contributed by atoms with E-state index in [-0.39, 0.29) is 17.7 Å². The molecule has 1 aromatic heterocycles. The largest absolute Gasteiger partial charge is 0.431 e. The van der Waals surface area contributed by atoms with Gasteiger partial charge in [-0.05, 0) is 32.4 Å². The zero-order valence-corrected chi connectivity index (χ0v) is 11.6. The van der Waals surface area contributed by atoms with Crippen molar-refractivity contribution >= 4 is 5.69 Å². The zero-order chi connectivity index (χ0) is 14.9. The molecule has 0 aliphatic carbocycles. The van der Waals surface area contributed by atoms with E-state index >= 15 is 0 Å². The van der Waals surface area contributed by atoms with Crippen molar-refractivity contribution < 1.29 is 9.13 Å². The van der Waals surface area contributed by atoms with Gasteiger partial charge in [-0.3, -0.25) is 4.79 Å². The van der Waals surface area contributed by atoms with Crippen molar-refractivity contribution in [2.24, 2.45) is 0 Å². The molecule has 0 bridgehead atoms. The molecule has 20 heavy (non-hydrogen) atoms. The lowest BCUT2D eigenvalue weighted by atomic mass is 10.2. The fourth-order valence-corrected chi connectivity index (χ4v) is 1.74. The molecule has 0 aliphatic rings. The van der Waals surface area contributed by atoms with E-state index in [9.17, 15) is 9.18 Å². The van der Waals surface area contributed by atoms with Gasteiger partial charge in [-0.15, -0.1) is 0 Å². The summed E-state index contributed by atoms with van der Waals surface area (Å²) < 4.78 is 20.5. The molecule has 5 nitrogen and oxygen atoms in total. The Balaban J connectivity index is 2.43. The molecule has 2 rings (SSSR count). The van der Waals surface area contributed by atoms with Crippen molar-refractivity contribution in [3.05, 3.63) is 46.3 Å². The molecule has 6 heteroatoms. The minimum absolute atomic E-state index is 0.0362. The summed E-state index contributed by atoms with van der Waals surface area (Å²) in [5.74, 6) is -0.860. The Kier molecular flexibility index (Phi) is 3.74. The lowest BCUT2D eigenvalue weighted by Crippen LogP contribution is -2.23. The Morgan fingerprint density at radius 1 is 1.40 bits per heavy atom. The summed E-state index contributed by atoms with van der Waals surface area (Å²) in [7, 11) is 0. The van der Waals surface area contributed by atoms with Gasteiger partial charge in [0.05, 0.1) is 0 Å². The molecule has 1 heterocycles. The number of nitrogens with two attached hydrogens (primary N) is 1. The van der Waals surface area contributed by atoms with Gasteiger partial charge < -0.3 is 15.0 Å². The Hall–Kier alpha value is -2.37. The summed E-state index contributed by atoms with van der Waals surface area (Å²) in [5, 5.41) is 0. The van der Waals surface area contributed by atoms with Gasteiger partial charge in [-0.2, -0.15) is 0 Å². The maximum Gasteiger partial charge on any atom is 0.313 e. The van der Waals surface area contributed by atoms with Crippen LogP contribution in [-0.4, -0.2) is 9.55 Å². The highest BCUT2D eigenvalue weighted by Gasteiger charge is 2.13. The van der Waals surface area contributed by atoms with Crippen LogP contribution in [-0.2, 0) is 0 Å². The zero-order valence-electron chi connectivity index (χ0n) is 11.6. The van der Waals surface area contributed by atoms with Crippen LogP contribution in [0.15, 0.2) is 29.3 Å². The third-order valence-electron chi connectivity index (χ3n) is 2.92. The molecule has 0 fully saturated rings. The number of rotatable bonds is 3. The number of ether oxygens (including phenoxy) is 1. The quantitative estimate of drug-likeness (QED) is 0.875. The molecule has 0 aliphatic heterocycles. The standard InChI is InChI=1S/C14H16FN3O2/c1-8(2)18-5-4-17-13(14(18)19)20-12-6-9(3)11(16)7-10(12)15/h4-8H,16H2,1-3H3. The van der Waals surface area contributed by atoms with Gasteiger partial charge in [-0.1, -0.05) is 0 Å². The number of nitrogen functional groups attached to an aromatic ring is 1. The molecule has 2 N–H and O–H groups in total. The predicted octanol–water partition coefficient (Wildman–Crippen LogP) is 2.65. The molecular weight excluding hydrogens is 261 g/mol. The number of halogens is 1. The van der Waals surface area contributed by atoms with Gasteiger partial charge in [0.1, 0.15) is 0 Å². The smallest absolute Gasteiger partial charge is 0.313 e. The van der Waals surface area contributed by atoms with E-state index in [1.54, 1.807) is 13.1 Å². The van der Waals surface area contributed by atoms with Crippen LogP contribution in [0.2, 0.25) is 0 Å². The van der Waals surface area contributed by atoms with E-state index in [0.29, 0.717) is 11.3 Å². The van der Waals surface area contributed by atoms with E-state index in [0.717, 1.165) is 6.07 Å². The van der Waals surface area contributed by atoms with Crippen molar-refractivity contribution in [1.29, 1.82) is 0 Å². The molecule has 1 aromatic carbocycles. The maximum absolute atomic E-state index is 13.8. The van der Waals surface area contributed by atoms with Crippen LogP contribution in [0, 0.1) is 12.7 Å². The predicted molar refractivity (Wildman–Crippen MR) is 74.5 cm³/mol.